The second kappa shape index (κ2) is 6.70. The molecule has 0 aromatic heterocycles. The van der Waals surface area contributed by atoms with Gasteiger partial charge in [0.1, 0.15) is 0 Å². The lowest BCUT2D eigenvalue weighted by atomic mass is 10.1. The lowest BCUT2D eigenvalue weighted by molar-refractivity contribution is 0.138. The van der Waals surface area contributed by atoms with E-state index >= 15 is 0 Å². The van der Waals surface area contributed by atoms with Gasteiger partial charge in [-0.15, -0.1) is 0 Å². The van der Waals surface area contributed by atoms with Gasteiger partial charge in [0.2, 0.25) is 0 Å². The minimum atomic E-state index is 0.0895. The Morgan fingerprint density at radius 2 is 2.08 bits per heavy atom. The van der Waals surface area contributed by atoms with Gasteiger partial charge in [-0.1, -0.05) is 32.6 Å². The van der Waals surface area contributed by atoms with E-state index in [1.54, 1.807) is 6.26 Å². The van der Waals surface area contributed by atoms with Crippen molar-refractivity contribution < 1.29 is 4.74 Å². The molecule has 0 fully saturated rings. The van der Waals surface area contributed by atoms with E-state index in [-0.39, 0.29) is 6.23 Å². The van der Waals surface area contributed by atoms with Crippen molar-refractivity contribution in [2.75, 3.05) is 0 Å². The lowest BCUT2D eigenvalue weighted by Crippen LogP contribution is -2.08. The second-order valence-electron chi connectivity index (χ2n) is 3.42. The molecule has 1 aliphatic heterocycles. The molecule has 1 aliphatic rings. The molecule has 0 saturated heterocycles. The van der Waals surface area contributed by atoms with Crippen molar-refractivity contribution >= 4 is 6.21 Å². The summed E-state index contributed by atoms with van der Waals surface area (Å²) in [5, 5.41) is 0. The van der Waals surface area contributed by atoms with E-state index in [2.05, 4.69) is 11.9 Å². The summed E-state index contributed by atoms with van der Waals surface area (Å²) in [5.41, 5.74) is 0. The van der Waals surface area contributed by atoms with Crippen LogP contribution in [0.25, 0.3) is 0 Å². The molecular weight excluding hydrogens is 162 g/mol. The van der Waals surface area contributed by atoms with Crippen LogP contribution < -0.4 is 0 Å². The third-order valence-corrected chi connectivity index (χ3v) is 2.21. The van der Waals surface area contributed by atoms with Crippen molar-refractivity contribution in [3.63, 3.8) is 0 Å². The molecule has 1 rings (SSSR count). The monoisotopic (exact) mass is 181 g/mol. The Morgan fingerprint density at radius 1 is 1.23 bits per heavy atom. The topological polar surface area (TPSA) is 21.6 Å². The predicted molar refractivity (Wildman–Crippen MR) is 55.9 cm³/mol. The first-order valence-corrected chi connectivity index (χ1v) is 5.27. The maximum atomic E-state index is 5.31. The van der Waals surface area contributed by atoms with Gasteiger partial charge < -0.3 is 4.74 Å². The fourth-order valence-electron chi connectivity index (χ4n) is 1.42. The standard InChI is InChI=1S/C11H19NO/c1-2-3-4-5-6-8-11-12-9-7-10-13-11/h7,9-11H,2-6,8H2,1H3. The molecule has 0 aliphatic carbocycles. The Morgan fingerprint density at radius 3 is 2.77 bits per heavy atom. The van der Waals surface area contributed by atoms with Crippen LogP contribution in [-0.4, -0.2) is 12.4 Å². The van der Waals surface area contributed by atoms with Crippen LogP contribution in [0.15, 0.2) is 17.3 Å². The largest absolute Gasteiger partial charge is 0.476 e. The molecule has 0 aromatic carbocycles. The Bertz CT molecular complexity index is 175. The lowest BCUT2D eigenvalue weighted by Gasteiger charge is -2.13. The predicted octanol–water partition coefficient (Wildman–Crippen LogP) is 3.29. The van der Waals surface area contributed by atoms with Crippen molar-refractivity contribution in [2.24, 2.45) is 4.99 Å². The summed E-state index contributed by atoms with van der Waals surface area (Å²) in [7, 11) is 0. The molecule has 2 nitrogen and oxygen atoms in total. The summed E-state index contributed by atoms with van der Waals surface area (Å²) in [4.78, 5) is 4.21. The SMILES string of the molecule is CCCCCCCC1N=CC=CO1. The first kappa shape index (κ1) is 10.3. The number of allylic oxidation sites excluding steroid dienone is 1. The highest BCUT2D eigenvalue weighted by molar-refractivity contribution is 5.71. The summed E-state index contributed by atoms with van der Waals surface area (Å²) in [5.74, 6) is 0. The first-order valence-electron chi connectivity index (χ1n) is 5.27. The molecular formula is C11H19NO. The van der Waals surface area contributed by atoms with Crippen molar-refractivity contribution in [1.29, 1.82) is 0 Å². The van der Waals surface area contributed by atoms with E-state index in [9.17, 15) is 0 Å². The number of hydrogen-bond acceptors (Lipinski definition) is 2. The fraction of sp³-hybridized carbons (Fsp3) is 0.727. The van der Waals surface area contributed by atoms with E-state index in [1.807, 2.05) is 12.3 Å². The Hall–Kier alpha value is -0.790. The number of hydrogen-bond donors (Lipinski definition) is 0. The molecule has 2 heteroatoms. The van der Waals surface area contributed by atoms with Gasteiger partial charge in [0, 0.05) is 12.6 Å². The van der Waals surface area contributed by atoms with Crippen LogP contribution in [-0.2, 0) is 4.74 Å². The van der Waals surface area contributed by atoms with Gasteiger partial charge >= 0.3 is 0 Å². The van der Waals surface area contributed by atoms with Crippen molar-refractivity contribution in [2.45, 2.75) is 51.7 Å². The maximum Gasteiger partial charge on any atom is 0.188 e. The summed E-state index contributed by atoms with van der Waals surface area (Å²) in [6.45, 7) is 2.24. The average molecular weight is 181 g/mol. The van der Waals surface area contributed by atoms with Gasteiger partial charge in [0.15, 0.2) is 6.23 Å². The van der Waals surface area contributed by atoms with E-state index < -0.39 is 0 Å². The molecule has 1 unspecified atom stereocenters. The molecule has 1 atom stereocenters. The van der Waals surface area contributed by atoms with Crippen molar-refractivity contribution in [3.8, 4) is 0 Å². The van der Waals surface area contributed by atoms with Crippen LogP contribution in [0.5, 0.6) is 0 Å². The molecule has 0 amide bonds. The molecule has 13 heavy (non-hydrogen) atoms. The highest BCUT2D eigenvalue weighted by Gasteiger charge is 2.05. The molecule has 0 radical (unpaired) electrons. The number of aliphatic imine (C=N–C) groups is 1. The average Bonchev–Trinajstić information content (AvgIpc) is 2.19. The minimum Gasteiger partial charge on any atom is -0.476 e. The third kappa shape index (κ3) is 4.71. The van der Waals surface area contributed by atoms with Gasteiger partial charge in [-0.2, -0.15) is 0 Å². The van der Waals surface area contributed by atoms with Crippen LogP contribution in [0, 0.1) is 0 Å². The Kier molecular flexibility index (Phi) is 5.30. The van der Waals surface area contributed by atoms with Gasteiger partial charge in [0.25, 0.3) is 0 Å². The van der Waals surface area contributed by atoms with E-state index in [4.69, 9.17) is 4.74 Å². The van der Waals surface area contributed by atoms with Gasteiger partial charge in [0.05, 0.1) is 6.26 Å². The van der Waals surface area contributed by atoms with Crippen LogP contribution >= 0.6 is 0 Å². The molecule has 0 bridgehead atoms. The van der Waals surface area contributed by atoms with Crippen LogP contribution in [0.3, 0.4) is 0 Å². The zero-order valence-corrected chi connectivity index (χ0v) is 8.41. The number of unbranched alkanes of at least 4 members (excludes halogenated alkanes) is 4. The molecule has 0 spiro atoms. The summed E-state index contributed by atoms with van der Waals surface area (Å²) >= 11 is 0. The Labute approximate surface area is 80.7 Å². The molecule has 0 aromatic rings. The highest BCUT2D eigenvalue weighted by atomic mass is 16.5. The quantitative estimate of drug-likeness (QED) is 0.576. The number of nitrogens with zero attached hydrogens (tertiary/aromatic N) is 1. The third-order valence-electron chi connectivity index (χ3n) is 2.21. The van der Waals surface area contributed by atoms with Crippen LogP contribution in [0.1, 0.15) is 45.4 Å². The van der Waals surface area contributed by atoms with Crippen molar-refractivity contribution in [3.05, 3.63) is 12.3 Å². The molecule has 1 heterocycles. The van der Waals surface area contributed by atoms with E-state index in [0.717, 1.165) is 6.42 Å². The second-order valence-corrected chi connectivity index (χ2v) is 3.42. The number of rotatable bonds is 6. The zero-order valence-electron chi connectivity index (χ0n) is 8.41. The molecule has 74 valence electrons. The zero-order chi connectivity index (χ0) is 9.36. The Balaban J connectivity index is 1.93. The summed E-state index contributed by atoms with van der Waals surface area (Å²) in [6.07, 6.45) is 13.1. The summed E-state index contributed by atoms with van der Waals surface area (Å²) < 4.78 is 5.31. The van der Waals surface area contributed by atoms with E-state index in [0.29, 0.717) is 0 Å². The normalized spacial score (nSPS) is 20.2. The highest BCUT2D eigenvalue weighted by Crippen LogP contribution is 2.11. The van der Waals surface area contributed by atoms with Crippen LogP contribution in [0.2, 0.25) is 0 Å². The maximum absolute atomic E-state index is 5.31. The molecule has 0 saturated carbocycles. The summed E-state index contributed by atoms with van der Waals surface area (Å²) in [6, 6.07) is 0. The minimum absolute atomic E-state index is 0.0895. The van der Waals surface area contributed by atoms with Crippen LogP contribution in [0.4, 0.5) is 0 Å². The molecule has 0 N–H and O–H groups in total. The van der Waals surface area contributed by atoms with E-state index in [1.165, 1.54) is 32.1 Å². The van der Waals surface area contributed by atoms with Gasteiger partial charge in [-0.05, 0) is 12.5 Å². The van der Waals surface area contributed by atoms with Crippen molar-refractivity contribution in [1.82, 2.24) is 0 Å². The number of ether oxygens (including phenoxy) is 1. The first-order chi connectivity index (χ1) is 6.43. The smallest absolute Gasteiger partial charge is 0.188 e. The van der Waals surface area contributed by atoms with Gasteiger partial charge in [-0.25, -0.2) is 0 Å². The van der Waals surface area contributed by atoms with Gasteiger partial charge in [-0.3, -0.25) is 4.99 Å². The fourth-order valence-corrected chi connectivity index (χ4v) is 1.42.